The molecule has 1 aromatic heterocycles. The zero-order chi connectivity index (χ0) is 14.6. The highest BCUT2D eigenvalue weighted by atomic mass is 32.2. The maximum absolute atomic E-state index is 12.1. The molecule has 1 atom stereocenters. The molecule has 2 heterocycles. The first-order chi connectivity index (χ1) is 9.47. The van der Waals surface area contributed by atoms with Crippen molar-refractivity contribution in [3.05, 3.63) is 22.4 Å². The van der Waals surface area contributed by atoms with E-state index in [0.29, 0.717) is 19.6 Å². The Bertz CT molecular complexity index is 540. The number of carbonyl (C=O) groups is 1. The van der Waals surface area contributed by atoms with Crippen molar-refractivity contribution >= 4 is 27.3 Å². The van der Waals surface area contributed by atoms with Crippen LogP contribution in [0.4, 0.5) is 0 Å². The van der Waals surface area contributed by atoms with Crippen molar-refractivity contribution in [3.63, 3.8) is 0 Å². The number of nitrogens with zero attached hydrogens (tertiary/aromatic N) is 1. The molecule has 0 saturated carbocycles. The predicted octanol–water partition coefficient (Wildman–Crippen LogP) is 1.08. The normalized spacial score (nSPS) is 20.8. The van der Waals surface area contributed by atoms with Gasteiger partial charge < -0.3 is 5.32 Å². The van der Waals surface area contributed by atoms with Gasteiger partial charge in [-0.05, 0) is 30.7 Å². The summed E-state index contributed by atoms with van der Waals surface area (Å²) in [5.41, 5.74) is 0. The van der Waals surface area contributed by atoms with Crippen molar-refractivity contribution in [2.24, 2.45) is 5.92 Å². The van der Waals surface area contributed by atoms with E-state index in [1.54, 1.807) is 11.3 Å². The van der Waals surface area contributed by atoms with Gasteiger partial charge in [0.25, 0.3) is 0 Å². The number of rotatable bonds is 5. The Morgan fingerprint density at radius 1 is 1.55 bits per heavy atom. The molecule has 1 saturated heterocycles. The van der Waals surface area contributed by atoms with Gasteiger partial charge in [0.05, 0.1) is 12.2 Å². The molecule has 1 N–H and O–H groups in total. The quantitative estimate of drug-likeness (QED) is 0.884. The molecule has 1 aromatic rings. The Balaban J connectivity index is 1.80. The van der Waals surface area contributed by atoms with Gasteiger partial charge in [-0.2, -0.15) is 0 Å². The summed E-state index contributed by atoms with van der Waals surface area (Å²) in [5.74, 6) is -0.253. The lowest BCUT2D eigenvalue weighted by atomic mass is 9.99. The second-order valence-electron chi connectivity index (χ2n) is 5.08. The van der Waals surface area contributed by atoms with Crippen molar-refractivity contribution in [1.82, 2.24) is 9.62 Å². The van der Waals surface area contributed by atoms with E-state index in [9.17, 15) is 13.2 Å². The standard InChI is InChI=1S/C13H20N2O3S2/c1-20(17,18)15-8-2-4-11(10-15)13(16)14-7-6-12-5-3-9-19-12/h3,5,9,11H,2,4,6-8,10H2,1H3,(H,14,16). The fourth-order valence-corrected chi connectivity index (χ4v) is 3.99. The van der Waals surface area contributed by atoms with Gasteiger partial charge in [-0.15, -0.1) is 11.3 Å². The minimum Gasteiger partial charge on any atom is -0.355 e. The van der Waals surface area contributed by atoms with Crippen LogP contribution in [-0.2, 0) is 21.2 Å². The summed E-state index contributed by atoms with van der Waals surface area (Å²) in [5, 5.41) is 4.93. The first kappa shape index (κ1) is 15.5. The first-order valence-corrected chi connectivity index (χ1v) is 9.45. The maximum Gasteiger partial charge on any atom is 0.224 e. The van der Waals surface area contributed by atoms with Crippen molar-refractivity contribution in [2.45, 2.75) is 19.3 Å². The van der Waals surface area contributed by atoms with Crippen LogP contribution in [0.2, 0.25) is 0 Å². The molecular weight excluding hydrogens is 296 g/mol. The molecule has 1 unspecified atom stereocenters. The lowest BCUT2D eigenvalue weighted by Crippen LogP contribution is -2.45. The fourth-order valence-electron chi connectivity index (χ4n) is 2.37. The van der Waals surface area contributed by atoms with E-state index in [4.69, 9.17) is 0 Å². The monoisotopic (exact) mass is 316 g/mol. The molecule has 1 fully saturated rings. The molecule has 112 valence electrons. The highest BCUT2D eigenvalue weighted by molar-refractivity contribution is 7.88. The summed E-state index contributed by atoms with van der Waals surface area (Å²) in [7, 11) is -3.19. The number of hydrogen-bond acceptors (Lipinski definition) is 4. The van der Waals surface area contributed by atoms with Crippen LogP contribution in [0.1, 0.15) is 17.7 Å². The van der Waals surface area contributed by atoms with Crippen LogP contribution in [0.15, 0.2) is 17.5 Å². The third-order valence-corrected chi connectivity index (χ3v) is 5.68. The van der Waals surface area contributed by atoms with Gasteiger partial charge in [-0.1, -0.05) is 6.07 Å². The molecule has 20 heavy (non-hydrogen) atoms. The average Bonchev–Trinajstić information content (AvgIpc) is 2.91. The third-order valence-electron chi connectivity index (χ3n) is 3.47. The number of carbonyl (C=O) groups excluding carboxylic acids is 1. The number of thiophene rings is 1. The molecule has 2 rings (SSSR count). The number of sulfonamides is 1. The Morgan fingerprint density at radius 3 is 3.00 bits per heavy atom. The van der Waals surface area contributed by atoms with Crippen LogP contribution in [-0.4, -0.2) is 44.5 Å². The topological polar surface area (TPSA) is 66.5 Å². The van der Waals surface area contributed by atoms with E-state index in [1.807, 2.05) is 17.5 Å². The number of hydrogen-bond donors (Lipinski definition) is 1. The van der Waals surface area contributed by atoms with E-state index in [1.165, 1.54) is 15.4 Å². The van der Waals surface area contributed by atoms with Crippen LogP contribution < -0.4 is 5.32 Å². The molecule has 5 nitrogen and oxygen atoms in total. The Morgan fingerprint density at radius 2 is 2.35 bits per heavy atom. The number of piperidine rings is 1. The molecule has 1 aliphatic rings. The van der Waals surface area contributed by atoms with Crippen LogP contribution in [0.5, 0.6) is 0 Å². The van der Waals surface area contributed by atoms with Crippen LogP contribution in [0, 0.1) is 5.92 Å². The van der Waals surface area contributed by atoms with Crippen molar-refractivity contribution in [3.8, 4) is 0 Å². The van der Waals surface area contributed by atoms with Gasteiger partial charge in [0.2, 0.25) is 15.9 Å². The molecule has 0 spiro atoms. The first-order valence-electron chi connectivity index (χ1n) is 6.72. The van der Waals surface area contributed by atoms with Crippen LogP contribution >= 0.6 is 11.3 Å². The predicted molar refractivity (Wildman–Crippen MR) is 80.2 cm³/mol. The maximum atomic E-state index is 12.1. The Labute approximate surface area is 124 Å². The van der Waals surface area contributed by atoms with Crippen LogP contribution in [0.3, 0.4) is 0 Å². The summed E-state index contributed by atoms with van der Waals surface area (Å²) in [4.78, 5) is 13.3. The minimum absolute atomic E-state index is 0.0325. The summed E-state index contributed by atoms with van der Waals surface area (Å²) in [6, 6.07) is 4.04. The zero-order valence-corrected chi connectivity index (χ0v) is 13.2. The zero-order valence-electron chi connectivity index (χ0n) is 11.5. The van der Waals surface area contributed by atoms with Crippen molar-refractivity contribution < 1.29 is 13.2 Å². The lowest BCUT2D eigenvalue weighted by Gasteiger charge is -2.30. The smallest absolute Gasteiger partial charge is 0.224 e. The highest BCUT2D eigenvalue weighted by Crippen LogP contribution is 2.18. The average molecular weight is 316 g/mol. The van der Waals surface area contributed by atoms with Crippen molar-refractivity contribution in [1.29, 1.82) is 0 Å². The molecule has 7 heteroatoms. The van der Waals surface area contributed by atoms with Gasteiger partial charge >= 0.3 is 0 Å². The summed E-state index contributed by atoms with van der Waals surface area (Å²) >= 11 is 1.68. The third kappa shape index (κ3) is 4.29. The van der Waals surface area contributed by atoms with Crippen molar-refractivity contribution in [2.75, 3.05) is 25.9 Å². The second-order valence-corrected chi connectivity index (χ2v) is 8.10. The summed E-state index contributed by atoms with van der Waals surface area (Å²) in [6.45, 7) is 1.44. The molecule has 0 bridgehead atoms. The Kier molecular flexibility index (Phi) is 5.17. The largest absolute Gasteiger partial charge is 0.355 e. The molecule has 1 amide bonds. The van der Waals surface area contributed by atoms with Gasteiger partial charge in [0, 0.05) is 24.5 Å². The second kappa shape index (κ2) is 6.69. The van der Waals surface area contributed by atoms with Gasteiger partial charge in [0.1, 0.15) is 0 Å². The lowest BCUT2D eigenvalue weighted by molar-refractivity contribution is -0.126. The summed E-state index contributed by atoms with van der Waals surface area (Å²) in [6.07, 6.45) is 3.53. The van der Waals surface area contributed by atoms with E-state index < -0.39 is 10.0 Å². The molecule has 0 aliphatic carbocycles. The molecule has 0 aromatic carbocycles. The highest BCUT2D eigenvalue weighted by Gasteiger charge is 2.29. The van der Waals surface area contributed by atoms with Crippen LogP contribution in [0.25, 0.3) is 0 Å². The molecule has 0 radical (unpaired) electrons. The number of nitrogens with one attached hydrogen (secondary N) is 1. The minimum atomic E-state index is -3.19. The van der Waals surface area contributed by atoms with Gasteiger partial charge in [-0.3, -0.25) is 4.79 Å². The van der Waals surface area contributed by atoms with E-state index in [2.05, 4.69) is 5.32 Å². The van der Waals surface area contributed by atoms with Gasteiger partial charge in [-0.25, -0.2) is 12.7 Å². The van der Waals surface area contributed by atoms with E-state index in [0.717, 1.165) is 19.3 Å². The summed E-state index contributed by atoms with van der Waals surface area (Å²) < 4.78 is 24.4. The Hall–Kier alpha value is -0.920. The van der Waals surface area contributed by atoms with E-state index >= 15 is 0 Å². The molecular formula is C13H20N2O3S2. The SMILES string of the molecule is CS(=O)(=O)N1CCCC(C(=O)NCCc2cccs2)C1. The van der Waals surface area contributed by atoms with E-state index in [-0.39, 0.29) is 11.8 Å². The fraction of sp³-hybridized carbons (Fsp3) is 0.615. The molecule has 1 aliphatic heterocycles. The number of amides is 1. The van der Waals surface area contributed by atoms with Gasteiger partial charge in [0.15, 0.2) is 0 Å².